The molecule has 0 bridgehead atoms. The fourth-order valence-corrected chi connectivity index (χ4v) is 1.48. The highest BCUT2D eigenvalue weighted by Gasteiger charge is 2.07. The second-order valence-corrected chi connectivity index (χ2v) is 4.25. The maximum absolute atomic E-state index is 11.5. The number of urea groups is 1. The Morgan fingerprint density at radius 2 is 2.28 bits per heavy atom. The third kappa shape index (κ3) is 5.14. The van der Waals surface area contributed by atoms with Gasteiger partial charge in [-0.3, -0.25) is 4.98 Å². The number of aryl methyl sites for hydroxylation is 1. The van der Waals surface area contributed by atoms with Gasteiger partial charge in [-0.15, -0.1) is 0 Å². The molecule has 18 heavy (non-hydrogen) atoms. The minimum Gasteiger partial charge on any atom is -0.394 e. The molecule has 1 unspecified atom stereocenters. The van der Waals surface area contributed by atoms with Crippen LogP contribution in [0.3, 0.4) is 0 Å². The van der Waals surface area contributed by atoms with E-state index in [1.165, 1.54) is 0 Å². The van der Waals surface area contributed by atoms with Gasteiger partial charge in [-0.2, -0.15) is 0 Å². The largest absolute Gasteiger partial charge is 0.394 e. The molecule has 100 valence electrons. The van der Waals surface area contributed by atoms with Crippen LogP contribution in [0, 0.1) is 6.92 Å². The quantitative estimate of drug-likeness (QED) is 0.706. The van der Waals surface area contributed by atoms with E-state index in [1.807, 2.05) is 32.2 Å². The number of carbonyl (C=O) groups is 1. The molecule has 1 aromatic heterocycles. The van der Waals surface area contributed by atoms with Crippen LogP contribution in [0.5, 0.6) is 0 Å². The summed E-state index contributed by atoms with van der Waals surface area (Å²) in [5.74, 6) is 0. The SMILES string of the molecule is CCC(CO)NC(=O)NCCc1ccc(C)nc1. The van der Waals surface area contributed by atoms with Crippen LogP contribution in [0.15, 0.2) is 18.3 Å². The summed E-state index contributed by atoms with van der Waals surface area (Å²) in [5.41, 5.74) is 2.08. The highest BCUT2D eigenvalue weighted by Crippen LogP contribution is 1.99. The molecule has 1 heterocycles. The third-order valence-corrected chi connectivity index (χ3v) is 2.72. The smallest absolute Gasteiger partial charge is 0.315 e. The number of carbonyl (C=O) groups excluding carboxylic acids is 1. The lowest BCUT2D eigenvalue weighted by molar-refractivity contribution is 0.214. The molecule has 5 heteroatoms. The number of rotatable bonds is 6. The molecule has 0 spiro atoms. The molecule has 0 radical (unpaired) electrons. The second kappa shape index (κ2) is 7.66. The van der Waals surface area contributed by atoms with Crippen LogP contribution in [0.4, 0.5) is 4.79 Å². The highest BCUT2D eigenvalue weighted by atomic mass is 16.3. The molecule has 0 aliphatic carbocycles. The molecule has 3 N–H and O–H groups in total. The van der Waals surface area contributed by atoms with E-state index in [9.17, 15) is 4.79 Å². The summed E-state index contributed by atoms with van der Waals surface area (Å²) in [6, 6.07) is 3.54. The molecule has 0 saturated heterocycles. The van der Waals surface area contributed by atoms with Crippen molar-refractivity contribution in [2.45, 2.75) is 32.7 Å². The maximum atomic E-state index is 11.5. The number of aliphatic hydroxyl groups excluding tert-OH is 1. The molecular formula is C13H21N3O2. The van der Waals surface area contributed by atoms with Crippen LogP contribution in [-0.4, -0.2) is 35.3 Å². The van der Waals surface area contributed by atoms with Gasteiger partial charge in [0.25, 0.3) is 0 Å². The zero-order chi connectivity index (χ0) is 13.4. The molecular weight excluding hydrogens is 230 g/mol. The Morgan fingerprint density at radius 3 is 2.83 bits per heavy atom. The second-order valence-electron chi connectivity index (χ2n) is 4.25. The van der Waals surface area contributed by atoms with E-state index >= 15 is 0 Å². The van der Waals surface area contributed by atoms with Crippen molar-refractivity contribution in [3.05, 3.63) is 29.6 Å². The van der Waals surface area contributed by atoms with Crippen molar-refractivity contribution in [3.63, 3.8) is 0 Å². The molecule has 1 atom stereocenters. The topological polar surface area (TPSA) is 74.2 Å². The minimum absolute atomic E-state index is 0.0359. The van der Waals surface area contributed by atoms with Crippen LogP contribution in [-0.2, 0) is 6.42 Å². The van der Waals surface area contributed by atoms with Gasteiger partial charge >= 0.3 is 6.03 Å². The number of pyridine rings is 1. The zero-order valence-electron chi connectivity index (χ0n) is 10.9. The van der Waals surface area contributed by atoms with Crippen LogP contribution in [0.1, 0.15) is 24.6 Å². The number of amides is 2. The fraction of sp³-hybridized carbons (Fsp3) is 0.538. The Hall–Kier alpha value is -1.62. The molecule has 2 amide bonds. The molecule has 0 fully saturated rings. The van der Waals surface area contributed by atoms with Gasteiger partial charge in [-0.05, 0) is 31.4 Å². The minimum atomic E-state index is -0.240. The monoisotopic (exact) mass is 251 g/mol. The summed E-state index contributed by atoms with van der Waals surface area (Å²) in [6.07, 6.45) is 3.28. The van der Waals surface area contributed by atoms with Gasteiger partial charge in [0, 0.05) is 18.4 Å². The van der Waals surface area contributed by atoms with E-state index in [1.54, 1.807) is 0 Å². The lowest BCUT2D eigenvalue weighted by Crippen LogP contribution is -2.44. The molecule has 0 saturated carbocycles. The standard InChI is InChI=1S/C13H21N3O2/c1-3-12(9-17)16-13(18)14-7-6-11-5-4-10(2)15-8-11/h4-5,8,12,17H,3,6-7,9H2,1-2H3,(H2,14,16,18). The highest BCUT2D eigenvalue weighted by molar-refractivity contribution is 5.74. The van der Waals surface area contributed by atoms with E-state index in [0.717, 1.165) is 17.7 Å². The predicted molar refractivity (Wildman–Crippen MR) is 70.4 cm³/mol. The van der Waals surface area contributed by atoms with E-state index in [4.69, 9.17) is 5.11 Å². The average Bonchev–Trinajstić information content (AvgIpc) is 2.38. The summed E-state index contributed by atoms with van der Waals surface area (Å²) in [5, 5.41) is 14.4. The Labute approximate surface area is 108 Å². The number of hydrogen-bond acceptors (Lipinski definition) is 3. The fourth-order valence-electron chi connectivity index (χ4n) is 1.48. The van der Waals surface area contributed by atoms with E-state index in [2.05, 4.69) is 15.6 Å². The lowest BCUT2D eigenvalue weighted by atomic mass is 10.2. The first-order chi connectivity index (χ1) is 8.65. The lowest BCUT2D eigenvalue weighted by Gasteiger charge is -2.14. The summed E-state index contributed by atoms with van der Waals surface area (Å²) in [6.45, 7) is 4.37. The van der Waals surface area contributed by atoms with Crippen molar-refractivity contribution in [1.82, 2.24) is 15.6 Å². The van der Waals surface area contributed by atoms with Crippen LogP contribution in [0.2, 0.25) is 0 Å². The van der Waals surface area contributed by atoms with Gasteiger partial charge in [0.1, 0.15) is 0 Å². The molecule has 1 aromatic rings. The van der Waals surface area contributed by atoms with Crippen LogP contribution in [0.25, 0.3) is 0 Å². The van der Waals surface area contributed by atoms with Crippen molar-refractivity contribution in [1.29, 1.82) is 0 Å². The van der Waals surface area contributed by atoms with Gasteiger partial charge in [0.05, 0.1) is 12.6 Å². The molecule has 0 aromatic carbocycles. The van der Waals surface area contributed by atoms with Crippen LogP contribution < -0.4 is 10.6 Å². The maximum Gasteiger partial charge on any atom is 0.315 e. The Morgan fingerprint density at radius 1 is 1.50 bits per heavy atom. The molecule has 1 rings (SSSR count). The van der Waals surface area contributed by atoms with Crippen molar-refractivity contribution < 1.29 is 9.90 Å². The van der Waals surface area contributed by atoms with E-state index in [-0.39, 0.29) is 18.7 Å². The van der Waals surface area contributed by atoms with Gasteiger partial charge in [-0.25, -0.2) is 4.79 Å². The van der Waals surface area contributed by atoms with Crippen molar-refractivity contribution >= 4 is 6.03 Å². The van der Waals surface area contributed by atoms with Gasteiger partial charge in [0.15, 0.2) is 0 Å². The van der Waals surface area contributed by atoms with E-state index < -0.39 is 0 Å². The van der Waals surface area contributed by atoms with Crippen molar-refractivity contribution in [2.75, 3.05) is 13.2 Å². The third-order valence-electron chi connectivity index (χ3n) is 2.72. The number of aliphatic hydroxyl groups is 1. The number of hydrogen-bond donors (Lipinski definition) is 3. The first-order valence-electron chi connectivity index (χ1n) is 6.22. The first-order valence-corrected chi connectivity index (χ1v) is 6.22. The molecule has 0 aliphatic heterocycles. The van der Waals surface area contributed by atoms with Crippen molar-refractivity contribution in [3.8, 4) is 0 Å². The zero-order valence-corrected chi connectivity index (χ0v) is 10.9. The van der Waals surface area contributed by atoms with Gasteiger partial charge in [-0.1, -0.05) is 13.0 Å². The Balaban J connectivity index is 2.25. The summed E-state index contributed by atoms with van der Waals surface area (Å²) >= 11 is 0. The van der Waals surface area contributed by atoms with Crippen molar-refractivity contribution in [2.24, 2.45) is 0 Å². The summed E-state index contributed by atoms with van der Waals surface area (Å²) < 4.78 is 0. The normalized spacial score (nSPS) is 11.9. The van der Waals surface area contributed by atoms with Crippen LogP contribution >= 0.6 is 0 Å². The summed E-state index contributed by atoms with van der Waals surface area (Å²) in [7, 11) is 0. The number of aromatic nitrogens is 1. The van der Waals surface area contributed by atoms with Gasteiger partial charge in [0.2, 0.25) is 0 Å². The molecule has 0 aliphatic rings. The van der Waals surface area contributed by atoms with E-state index in [0.29, 0.717) is 13.0 Å². The average molecular weight is 251 g/mol. The molecule has 5 nitrogen and oxygen atoms in total. The van der Waals surface area contributed by atoms with Gasteiger partial charge < -0.3 is 15.7 Å². The Bertz CT molecular complexity index is 361. The Kier molecular flexibility index (Phi) is 6.14. The first kappa shape index (κ1) is 14.4. The number of nitrogens with zero attached hydrogens (tertiary/aromatic N) is 1. The summed E-state index contributed by atoms with van der Waals surface area (Å²) in [4.78, 5) is 15.7. The predicted octanol–water partition coefficient (Wildman–Crippen LogP) is 1.00. The number of nitrogens with one attached hydrogen (secondary N) is 2.